The fourth-order valence-corrected chi connectivity index (χ4v) is 3.08. The van der Waals surface area contributed by atoms with Gasteiger partial charge in [-0.15, -0.1) is 0 Å². The van der Waals surface area contributed by atoms with Gasteiger partial charge in [-0.25, -0.2) is 9.59 Å². The first-order valence-electron chi connectivity index (χ1n) is 8.52. The minimum absolute atomic E-state index is 0.0522. The standard InChI is InChI=1S/C20H24O6/c1-5-14(10-21)20(24)26-16-8-11(2)6-7-15(22)12(3)9-17-18(16)13(4)19(23)25-17/h5-6,9,16-18,21H,4,7-8,10H2,1-3H3. The van der Waals surface area contributed by atoms with Crippen molar-refractivity contribution in [2.24, 2.45) is 5.92 Å². The molecule has 0 aromatic carbocycles. The summed E-state index contributed by atoms with van der Waals surface area (Å²) in [6.07, 6.45) is 4.04. The van der Waals surface area contributed by atoms with Crippen LogP contribution in [0.1, 0.15) is 33.6 Å². The van der Waals surface area contributed by atoms with Crippen molar-refractivity contribution in [3.63, 3.8) is 0 Å². The summed E-state index contributed by atoms with van der Waals surface area (Å²) in [4.78, 5) is 36.5. The van der Waals surface area contributed by atoms with Crippen molar-refractivity contribution in [3.8, 4) is 0 Å². The number of esters is 2. The van der Waals surface area contributed by atoms with Crippen molar-refractivity contribution in [3.05, 3.63) is 47.1 Å². The van der Waals surface area contributed by atoms with Crippen LogP contribution in [0.4, 0.5) is 0 Å². The number of aliphatic hydroxyl groups is 1. The van der Waals surface area contributed by atoms with Gasteiger partial charge in [-0.1, -0.05) is 24.3 Å². The van der Waals surface area contributed by atoms with Crippen LogP contribution < -0.4 is 0 Å². The Hall–Kier alpha value is -2.47. The molecule has 0 radical (unpaired) electrons. The lowest BCUT2D eigenvalue weighted by Crippen LogP contribution is -2.34. The molecule has 0 bridgehead atoms. The van der Waals surface area contributed by atoms with E-state index in [1.807, 2.05) is 6.92 Å². The highest BCUT2D eigenvalue weighted by Gasteiger charge is 2.44. The lowest BCUT2D eigenvalue weighted by molar-refractivity contribution is -0.147. The van der Waals surface area contributed by atoms with Gasteiger partial charge in [0.05, 0.1) is 18.1 Å². The molecule has 3 atom stereocenters. The molecule has 1 fully saturated rings. The molecule has 6 heteroatoms. The van der Waals surface area contributed by atoms with Crippen molar-refractivity contribution in [2.45, 2.75) is 45.8 Å². The lowest BCUT2D eigenvalue weighted by Gasteiger charge is -2.27. The minimum atomic E-state index is -0.717. The Balaban J connectivity index is 2.42. The molecule has 6 nitrogen and oxygen atoms in total. The van der Waals surface area contributed by atoms with E-state index in [0.29, 0.717) is 12.0 Å². The molecule has 0 aromatic rings. The molecule has 0 amide bonds. The van der Waals surface area contributed by atoms with Gasteiger partial charge in [-0.3, -0.25) is 4.79 Å². The topological polar surface area (TPSA) is 89.9 Å². The highest BCUT2D eigenvalue weighted by molar-refractivity contribution is 5.96. The molecule has 3 unspecified atom stereocenters. The zero-order valence-electron chi connectivity index (χ0n) is 15.3. The summed E-state index contributed by atoms with van der Waals surface area (Å²) in [5.41, 5.74) is 1.70. The molecular formula is C20H24O6. The van der Waals surface area contributed by atoms with Crippen LogP contribution in [0.25, 0.3) is 0 Å². The van der Waals surface area contributed by atoms with Crippen LogP contribution in [-0.2, 0) is 23.9 Å². The first kappa shape index (κ1) is 19.8. The summed E-state index contributed by atoms with van der Waals surface area (Å²) in [5, 5.41) is 9.28. The maximum atomic E-state index is 12.3. The molecule has 1 saturated heterocycles. The Morgan fingerprint density at radius 1 is 1.42 bits per heavy atom. The minimum Gasteiger partial charge on any atom is -0.458 e. The van der Waals surface area contributed by atoms with E-state index in [9.17, 15) is 19.5 Å². The molecule has 1 heterocycles. The van der Waals surface area contributed by atoms with Crippen LogP contribution in [0.3, 0.4) is 0 Å². The fraction of sp³-hybridized carbons (Fsp3) is 0.450. The average Bonchev–Trinajstić information content (AvgIpc) is 2.86. The van der Waals surface area contributed by atoms with Gasteiger partial charge < -0.3 is 14.6 Å². The summed E-state index contributed by atoms with van der Waals surface area (Å²) in [6, 6.07) is 0. The van der Waals surface area contributed by atoms with Gasteiger partial charge in [0.1, 0.15) is 12.2 Å². The lowest BCUT2D eigenvalue weighted by atomic mass is 9.85. The van der Waals surface area contributed by atoms with E-state index < -0.39 is 36.7 Å². The normalized spacial score (nSPS) is 27.3. The van der Waals surface area contributed by atoms with Gasteiger partial charge in [0.2, 0.25) is 0 Å². The number of hydrogen-bond donors (Lipinski definition) is 1. The molecule has 26 heavy (non-hydrogen) atoms. The summed E-state index contributed by atoms with van der Waals surface area (Å²) in [5.74, 6) is -1.85. The maximum Gasteiger partial charge on any atom is 0.336 e. The highest BCUT2D eigenvalue weighted by Crippen LogP contribution is 2.36. The number of carbonyl (C=O) groups is 3. The summed E-state index contributed by atoms with van der Waals surface area (Å²) >= 11 is 0. The van der Waals surface area contributed by atoms with E-state index in [1.54, 1.807) is 26.0 Å². The molecule has 0 spiro atoms. The van der Waals surface area contributed by atoms with Crippen molar-refractivity contribution < 1.29 is 29.0 Å². The average molecular weight is 360 g/mol. The van der Waals surface area contributed by atoms with Crippen LogP contribution in [0, 0.1) is 5.92 Å². The number of allylic oxidation sites excluding steroid dienone is 3. The second kappa shape index (κ2) is 8.27. The van der Waals surface area contributed by atoms with Crippen LogP contribution in [0.2, 0.25) is 0 Å². The third-order valence-corrected chi connectivity index (χ3v) is 4.71. The number of ketones is 1. The van der Waals surface area contributed by atoms with Crippen molar-refractivity contribution in [1.82, 2.24) is 0 Å². The third-order valence-electron chi connectivity index (χ3n) is 4.71. The van der Waals surface area contributed by atoms with Crippen LogP contribution in [-0.4, -0.2) is 41.6 Å². The Kier molecular flexibility index (Phi) is 6.32. The maximum absolute atomic E-state index is 12.3. The zero-order chi connectivity index (χ0) is 19.4. The summed E-state index contributed by atoms with van der Waals surface area (Å²) in [6.45, 7) is 8.50. The van der Waals surface area contributed by atoms with Gasteiger partial charge in [0.15, 0.2) is 5.78 Å². The molecule has 0 aromatic heterocycles. The molecular weight excluding hydrogens is 336 g/mol. The molecule has 1 aliphatic heterocycles. The van der Waals surface area contributed by atoms with E-state index in [0.717, 1.165) is 5.57 Å². The predicted molar refractivity (Wildman–Crippen MR) is 95.0 cm³/mol. The number of rotatable bonds is 3. The van der Waals surface area contributed by atoms with Crippen LogP contribution in [0.15, 0.2) is 47.1 Å². The van der Waals surface area contributed by atoms with Crippen LogP contribution in [0.5, 0.6) is 0 Å². The number of fused-ring (bicyclic) bond motifs is 1. The smallest absolute Gasteiger partial charge is 0.336 e. The molecule has 2 aliphatic rings. The van der Waals surface area contributed by atoms with E-state index >= 15 is 0 Å². The number of Topliss-reactive ketones (excluding diaryl/α,β-unsaturated/α-hetero) is 1. The number of carbonyl (C=O) groups excluding carboxylic acids is 3. The first-order chi connectivity index (χ1) is 12.3. The van der Waals surface area contributed by atoms with Crippen LogP contribution >= 0.6 is 0 Å². The van der Waals surface area contributed by atoms with Crippen molar-refractivity contribution >= 4 is 17.7 Å². The molecule has 1 aliphatic carbocycles. The largest absolute Gasteiger partial charge is 0.458 e. The highest BCUT2D eigenvalue weighted by atomic mass is 16.6. The van der Waals surface area contributed by atoms with E-state index in [-0.39, 0.29) is 23.4 Å². The van der Waals surface area contributed by atoms with Gasteiger partial charge in [0, 0.05) is 18.4 Å². The summed E-state index contributed by atoms with van der Waals surface area (Å²) in [7, 11) is 0. The molecule has 0 saturated carbocycles. The van der Waals surface area contributed by atoms with Gasteiger partial charge in [-0.05, 0) is 32.4 Å². The Labute approximate surface area is 152 Å². The Bertz CT molecular complexity index is 725. The van der Waals surface area contributed by atoms with Crippen molar-refractivity contribution in [1.29, 1.82) is 0 Å². The fourth-order valence-electron chi connectivity index (χ4n) is 3.08. The second-order valence-electron chi connectivity index (χ2n) is 6.57. The van der Waals surface area contributed by atoms with Crippen molar-refractivity contribution in [2.75, 3.05) is 6.61 Å². The number of ether oxygens (including phenoxy) is 2. The molecule has 2 rings (SSSR count). The van der Waals surface area contributed by atoms with E-state index in [2.05, 4.69) is 6.58 Å². The molecule has 1 N–H and O–H groups in total. The van der Waals surface area contributed by atoms with Gasteiger partial charge >= 0.3 is 11.9 Å². The quantitative estimate of drug-likeness (QED) is 0.471. The predicted octanol–water partition coefficient (Wildman–Crippen LogP) is 2.19. The third kappa shape index (κ3) is 4.19. The van der Waals surface area contributed by atoms with E-state index in [4.69, 9.17) is 9.47 Å². The monoisotopic (exact) mass is 360 g/mol. The summed E-state index contributed by atoms with van der Waals surface area (Å²) < 4.78 is 11.0. The second-order valence-corrected chi connectivity index (χ2v) is 6.57. The van der Waals surface area contributed by atoms with Gasteiger partial charge in [0.25, 0.3) is 0 Å². The Morgan fingerprint density at radius 3 is 2.73 bits per heavy atom. The SMILES string of the molecule is C=C1C(=O)OC2C=C(C)C(=O)CC=C(C)CC(OC(=O)C(=CC)CO)C12. The molecule has 140 valence electrons. The first-order valence-corrected chi connectivity index (χ1v) is 8.52. The zero-order valence-corrected chi connectivity index (χ0v) is 15.3. The van der Waals surface area contributed by atoms with E-state index in [1.165, 1.54) is 6.08 Å². The van der Waals surface area contributed by atoms with Gasteiger partial charge in [-0.2, -0.15) is 0 Å². The Morgan fingerprint density at radius 2 is 2.12 bits per heavy atom. The number of hydrogen-bond acceptors (Lipinski definition) is 6. The number of aliphatic hydroxyl groups excluding tert-OH is 1.